The van der Waals surface area contributed by atoms with Crippen molar-refractivity contribution in [3.05, 3.63) is 158 Å². The number of rotatable bonds is 58. The lowest BCUT2D eigenvalue weighted by molar-refractivity contribution is -0.870. The van der Waals surface area contributed by atoms with Gasteiger partial charge in [0.1, 0.15) is 13.2 Å². The van der Waals surface area contributed by atoms with E-state index in [1.54, 1.807) is 6.08 Å². The zero-order valence-corrected chi connectivity index (χ0v) is 54.0. The van der Waals surface area contributed by atoms with Crippen LogP contribution >= 0.6 is 7.82 Å². The second-order valence-electron chi connectivity index (χ2n) is 22.7. The number of carbonyl (C=O) groups is 1. The molecular formula is C73H123N2O6P. The fourth-order valence-corrected chi connectivity index (χ4v) is 9.37. The molecule has 3 atom stereocenters. The summed E-state index contributed by atoms with van der Waals surface area (Å²) < 4.78 is 23.4. The van der Waals surface area contributed by atoms with E-state index < -0.39 is 26.6 Å². The van der Waals surface area contributed by atoms with Crippen molar-refractivity contribution in [2.24, 2.45) is 0 Å². The highest BCUT2D eigenvalue weighted by molar-refractivity contribution is 7.45. The fraction of sp³-hybridized carbons (Fsp3) is 0.630. The van der Waals surface area contributed by atoms with Gasteiger partial charge in [0, 0.05) is 6.42 Å². The molecule has 3 unspecified atom stereocenters. The number of nitrogens with zero attached hydrogens (tertiary/aromatic N) is 1. The Morgan fingerprint density at radius 2 is 0.756 bits per heavy atom. The summed E-state index contributed by atoms with van der Waals surface area (Å²) >= 11 is 0. The lowest BCUT2D eigenvalue weighted by Crippen LogP contribution is -2.45. The zero-order valence-electron chi connectivity index (χ0n) is 53.1. The van der Waals surface area contributed by atoms with Crippen LogP contribution in [0.1, 0.15) is 245 Å². The van der Waals surface area contributed by atoms with Crippen molar-refractivity contribution in [3.63, 3.8) is 0 Å². The monoisotopic (exact) mass is 1150 g/mol. The minimum absolute atomic E-state index is 0.0164. The van der Waals surface area contributed by atoms with E-state index in [-0.39, 0.29) is 12.5 Å². The van der Waals surface area contributed by atoms with Crippen LogP contribution in [0.2, 0.25) is 0 Å². The van der Waals surface area contributed by atoms with E-state index in [9.17, 15) is 19.4 Å². The third kappa shape index (κ3) is 63.7. The van der Waals surface area contributed by atoms with Crippen LogP contribution in [-0.2, 0) is 18.4 Å². The summed E-state index contributed by atoms with van der Waals surface area (Å²) in [5.41, 5.74) is 0. The van der Waals surface area contributed by atoms with Crippen LogP contribution in [0, 0.1) is 0 Å². The summed E-state index contributed by atoms with van der Waals surface area (Å²) in [5.74, 6) is -0.224. The predicted octanol–water partition coefficient (Wildman–Crippen LogP) is 20.4. The van der Waals surface area contributed by atoms with Crippen molar-refractivity contribution >= 4 is 13.7 Å². The van der Waals surface area contributed by atoms with Crippen LogP contribution in [-0.4, -0.2) is 68.5 Å². The van der Waals surface area contributed by atoms with Crippen LogP contribution < -0.4 is 10.2 Å². The predicted molar refractivity (Wildman–Crippen MR) is 357 cm³/mol. The van der Waals surface area contributed by atoms with Gasteiger partial charge in [0.25, 0.3) is 7.82 Å². The standard InChI is InChI=1S/C73H123N2O6P/c1-6-8-10-12-14-16-18-20-22-24-26-27-28-29-30-31-32-33-34-35-36-37-38-39-40-41-42-43-44-45-46-47-49-51-53-55-57-59-61-63-65-67-73(77)74-71(70-81-82(78,79)80-69-68-75(3,4)5)72(76)66-64-62-60-58-56-54-52-50-48-25-23-21-19-17-15-13-11-9-7-2/h8,10,14,16,20,22,26-27,29-30,32-33,35-36,38-39,41-42,44-45,47,49,56,58,64,66,71-72,76H,6-7,9,11-13,15,17-19,21,23-25,28,31,34,37,40,43,46,48,50-55,57,59-63,65,67-70H2,1-5H3,(H-,74,77,78,79)/b10-8-,16-14-,22-20-,27-26-,30-29-,33-32-,36-35-,39-38-,42-41-,45-44-,49-47-,58-56+,66-64+. The molecule has 0 saturated carbocycles. The summed E-state index contributed by atoms with van der Waals surface area (Å²) in [5, 5.41) is 13.9. The number of likely N-dealkylation sites (N-methyl/N-ethyl adjacent to an activating group) is 1. The normalized spacial score (nSPS) is 14.8. The molecular weight excluding hydrogens is 1030 g/mol. The van der Waals surface area contributed by atoms with Gasteiger partial charge in [-0.1, -0.05) is 281 Å². The van der Waals surface area contributed by atoms with Crippen molar-refractivity contribution in [1.82, 2.24) is 5.32 Å². The van der Waals surface area contributed by atoms with Crippen LogP contribution in [0.5, 0.6) is 0 Å². The molecule has 82 heavy (non-hydrogen) atoms. The SMILES string of the molecule is CC/C=C\C/C=C\C/C=C\C/C=C\C/C=C\C/C=C\C/C=C\C/C=C\C/C=C\C/C=C\C/C=C\CCCCCCCCCC(=O)NC(COP(=O)([O-])OCC[N+](C)(C)C)C(O)/C=C/CC/C=C/CCCCCCCCCCCCCCC. The van der Waals surface area contributed by atoms with Gasteiger partial charge in [0.2, 0.25) is 5.91 Å². The van der Waals surface area contributed by atoms with Gasteiger partial charge < -0.3 is 28.8 Å². The van der Waals surface area contributed by atoms with Crippen molar-refractivity contribution in [2.75, 3.05) is 40.9 Å². The van der Waals surface area contributed by atoms with Gasteiger partial charge in [-0.2, -0.15) is 0 Å². The molecule has 466 valence electrons. The number of hydrogen-bond donors (Lipinski definition) is 2. The molecule has 0 aliphatic carbocycles. The molecule has 0 spiro atoms. The number of aliphatic hydroxyl groups is 1. The molecule has 0 rings (SSSR count). The average Bonchev–Trinajstić information content (AvgIpc) is 3.47. The smallest absolute Gasteiger partial charge is 0.268 e. The van der Waals surface area contributed by atoms with Gasteiger partial charge in [-0.15, -0.1) is 0 Å². The number of allylic oxidation sites excluding steroid dienone is 25. The molecule has 0 aliphatic rings. The Morgan fingerprint density at radius 1 is 0.439 bits per heavy atom. The fourth-order valence-electron chi connectivity index (χ4n) is 8.64. The molecule has 0 aromatic carbocycles. The van der Waals surface area contributed by atoms with Crippen LogP contribution in [0.4, 0.5) is 0 Å². The first-order chi connectivity index (χ1) is 40.0. The molecule has 0 aliphatic heterocycles. The van der Waals surface area contributed by atoms with E-state index in [0.29, 0.717) is 17.4 Å². The first-order valence-electron chi connectivity index (χ1n) is 32.8. The summed E-state index contributed by atoms with van der Waals surface area (Å²) in [6, 6.07) is -0.922. The molecule has 8 nitrogen and oxygen atoms in total. The Kier molecular flexibility index (Phi) is 58.8. The topological polar surface area (TPSA) is 108 Å². The van der Waals surface area contributed by atoms with Gasteiger partial charge >= 0.3 is 0 Å². The summed E-state index contributed by atoms with van der Waals surface area (Å²) in [7, 11) is 1.22. The van der Waals surface area contributed by atoms with Crippen LogP contribution in [0.15, 0.2) is 158 Å². The summed E-state index contributed by atoms with van der Waals surface area (Å²) in [6.07, 6.45) is 96.3. The van der Waals surface area contributed by atoms with E-state index in [1.807, 2.05) is 27.2 Å². The third-order valence-electron chi connectivity index (χ3n) is 13.7. The lowest BCUT2D eigenvalue weighted by Gasteiger charge is -2.29. The second-order valence-corrected chi connectivity index (χ2v) is 24.1. The Balaban J connectivity index is 4.20. The number of phosphoric ester groups is 1. The Labute approximate surface area is 505 Å². The van der Waals surface area contributed by atoms with E-state index in [4.69, 9.17) is 9.05 Å². The zero-order chi connectivity index (χ0) is 59.8. The molecule has 0 fully saturated rings. The molecule has 0 heterocycles. The lowest BCUT2D eigenvalue weighted by atomic mass is 10.0. The Bertz CT molecular complexity index is 1890. The van der Waals surface area contributed by atoms with Gasteiger partial charge in [-0.3, -0.25) is 9.36 Å². The maximum Gasteiger partial charge on any atom is 0.268 e. The number of hydrogen-bond acceptors (Lipinski definition) is 6. The number of quaternary nitrogens is 1. The quantitative estimate of drug-likeness (QED) is 0.0272. The molecule has 1 amide bonds. The van der Waals surface area contributed by atoms with Crippen LogP contribution in [0.25, 0.3) is 0 Å². The van der Waals surface area contributed by atoms with Crippen molar-refractivity contribution in [3.8, 4) is 0 Å². The number of unbranched alkanes of at least 4 members (excludes halogenated alkanes) is 21. The first kappa shape index (κ1) is 78.1. The number of amides is 1. The largest absolute Gasteiger partial charge is 0.756 e. The van der Waals surface area contributed by atoms with Crippen molar-refractivity contribution in [2.45, 2.75) is 257 Å². The highest BCUT2D eigenvalue weighted by Crippen LogP contribution is 2.38. The molecule has 0 saturated heterocycles. The molecule has 0 aromatic heterocycles. The highest BCUT2D eigenvalue weighted by atomic mass is 31.2. The van der Waals surface area contributed by atoms with Gasteiger partial charge in [-0.25, -0.2) is 0 Å². The number of phosphoric acid groups is 1. The van der Waals surface area contributed by atoms with E-state index in [1.165, 1.54) is 103 Å². The number of carbonyl (C=O) groups excluding carboxylic acids is 1. The minimum atomic E-state index is -4.62. The average molecular weight is 1160 g/mol. The Hall–Kier alpha value is -3.88. The molecule has 0 bridgehead atoms. The molecule has 2 N–H and O–H groups in total. The van der Waals surface area contributed by atoms with Gasteiger partial charge in [0.15, 0.2) is 0 Å². The van der Waals surface area contributed by atoms with Crippen LogP contribution in [0.3, 0.4) is 0 Å². The van der Waals surface area contributed by atoms with Crippen molar-refractivity contribution < 1.29 is 32.9 Å². The van der Waals surface area contributed by atoms with Crippen molar-refractivity contribution in [1.29, 1.82) is 0 Å². The van der Waals surface area contributed by atoms with E-state index >= 15 is 0 Å². The van der Waals surface area contributed by atoms with E-state index in [2.05, 4.69) is 165 Å². The summed E-state index contributed by atoms with van der Waals surface area (Å²) in [4.78, 5) is 25.6. The second kappa shape index (κ2) is 61.7. The minimum Gasteiger partial charge on any atom is -0.756 e. The Morgan fingerprint density at radius 3 is 1.13 bits per heavy atom. The number of nitrogens with one attached hydrogen (secondary N) is 1. The van der Waals surface area contributed by atoms with Gasteiger partial charge in [0.05, 0.1) is 39.9 Å². The maximum absolute atomic E-state index is 13.0. The molecule has 0 aromatic rings. The highest BCUT2D eigenvalue weighted by Gasteiger charge is 2.23. The van der Waals surface area contributed by atoms with E-state index in [0.717, 1.165) is 122 Å². The first-order valence-corrected chi connectivity index (χ1v) is 34.3. The molecule has 0 radical (unpaired) electrons. The third-order valence-corrected chi connectivity index (χ3v) is 14.7. The number of aliphatic hydroxyl groups excluding tert-OH is 1. The van der Waals surface area contributed by atoms with Gasteiger partial charge in [-0.05, 0) is 116 Å². The summed E-state index contributed by atoms with van der Waals surface area (Å²) in [6.45, 7) is 4.50. The maximum atomic E-state index is 13.0. The molecule has 9 heteroatoms.